The summed E-state index contributed by atoms with van der Waals surface area (Å²) in [6, 6.07) is 17.0. The second-order valence-corrected chi connectivity index (χ2v) is 6.46. The Morgan fingerprint density at radius 1 is 1.12 bits per heavy atom. The number of aromatic nitrogens is 2. The summed E-state index contributed by atoms with van der Waals surface area (Å²) in [5.41, 5.74) is 3.12. The van der Waals surface area contributed by atoms with Crippen LogP contribution in [0.4, 0.5) is 0 Å². The molecule has 0 spiro atoms. The van der Waals surface area contributed by atoms with Crippen LogP contribution in [0.5, 0.6) is 0 Å². The highest BCUT2D eigenvalue weighted by Gasteiger charge is 2.23. The number of aromatic amines is 1. The number of H-pyrrole nitrogens is 1. The molecule has 26 heavy (non-hydrogen) atoms. The van der Waals surface area contributed by atoms with Crippen LogP contribution in [0.2, 0.25) is 0 Å². The number of carbonyl (C=O) groups excluding carboxylic acids is 1. The summed E-state index contributed by atoms with van der Waals surface area (Å²) in [5, 5.41) is 8.99. The molecule has 0 unspecified atom stereocenters. The Kier molecular flexibility index (Phi) is 4.38. The van der Waals surface area contributed by atoms with E-state index in [2.05, 4.69) is 20.9 Å². The lowest BCUT2D eigenvalue weighted by atomic mass is 10.1. The minimum Gasteiger partial charge on any atom is -0.341 e. The van der Waals surface area contributed by atoms with Gasteiger partial charge in [0.25, 0.3) is 5.91 Å². The number of piperazine rings is 1. The van der Waals surface area contributed by atoms with Crippen molar-refractivity contribution < 1.29 is 4.79 Å². The summed E-state index contributed by atoms with van der Waals surface area (Å²) in [5.74, 6) is 0.943. The maximum atomic E-state index is 12.6. The molecular weight excluding hydrogens is 326 g/mol. The van der Waals surface area contributed by atoms with Gasteiger partial charge in [-0.2, -0.15) is 5.26 Å². The summed E-state index contributed by atoms with van der Waals surface area (Å²) >= 11 is 0. The van der Waals surface area contributed by atoms with Crippen molar-refractivity contribution in [3.8, 4) is 6.07 Å². The van der Waals surface area contributed by atoms with E-state index in [1.807, 2.05) is 29.2 Å². The summed E-state index contributed by atoms with van der Waals surface area (Å²) in [7, 11) is 0. The molecule has 0 bridgehead atoms. The largest absolute Gasteiger partial charge is 0.341 e. The van der Waals surface area contributed by atoms with E-state index >= 15 is 0 Å². The topological polar surface area (TPSA) is 76.0 Å². The number of imidazole rings is 1. The van der Waals surface area contributed by atoms with E-state index in [4.69, 9.17) is 5.26 Å². The molecule has 3 aromatic rings. The van der Waals surface area contributed by atoms with Crippen LogP contribution in [0.1, 0.15) is 21.7 Å². The fourth-order valence-corrected chi connectivity index (χ4v) is 3.31. The summed E-state index contributed by atoms with van der Waals surface area (Å²) < 4.78 is 0. The van der Waals surface area contributed by atoms with Crippen LogP contribution in [0.15, 0.2) is 48.5 Å². The van der Waals surface area contributed by atoms with E-state index in [9.17, 15) is 4.79 Å². The normalized spacial score (nSPS) is 15.1. The van der Waals surface area contributed by atoms with Crippen LogP contribution in [-0.2, 0) is 6.54 Å². The number of nitrogens with one attached hydrogen (secondary N) is 1. The highest BCUT2D eigenvalue weighted by atomic mass is 16.2. The molecule has 1 aliphatic heterocycles. The third-order valence-corrected chi connectivity index (χ3v) is 4.71. The lowest BCUT2D eigenvalue weighted by Crippen LogP contribution is -2.48. The molecule has 4 rings (SSSR count). The van der Waals surface area contributed by atoms with Gasteiger partial charge in [-0.25, -0.2) is 4.98 Å². The average Bonchev–Trinajstić information content (AvgIpc) is 3.10. The molecule has 0 radical (unpaired) electrons. The van der Waals surface area contributed by atoms with Gasteiger partial charge in [0.05, 0.1) is 29.2 Å². The molecular formula is C20H19N5O. The SMILES string of the molecule is N#Cc1cccc(C(=O)N2CCN(Cc3nc4ccccc4[nH]3)CC2)c1. The van der Waals surface area contributed by atoms with Gasteiger partial charge in [0.2, 0.25) is 0 Å². The first kappa shape index (κ1) is 16.3. The van der Waals surface area contributed by atoms with Crippen LogP contribution in [0, 0.1) is 11.3 Å². The Balaban J connectivity index is 1.37. The predicted octanol–water partition coefficient (Wildman–Crippen LogP) is 2.39. The molecule has 1 aliphatic rings. The first-order valence-corrected chi connectivity index (χ1v) is 8.68. The van der Waals surface area contributed by atoms with Gasteiger partial charge < -0.3 is 9.88 Å². The molecule has 0 saturated carbocycles. The number of hydrogen-bond donors (Lipinski definition) is 1. The zero-order valence-corrected chi connectivity index (χ0v) is 14.4. The lowest BCUT2D eigenvalue weighted by molar-refractivity contribution is 0.0626. The minimum absolute atomic E-state index is 0.00881. The van der Waals surface area contributed by atoms with Crippen molar-refractivity contribution in [2.75, 3.05) is 26.2 Å². The van der Waals surface area contributed by atoms with Crippen LogP contribution >= 0.6 is 0 Å². The molecule has 6 heteroatoms. The third-order valence-electron chi connectivity index (χ3n) is 4.71. The summed E-state index contributed by atoms with van der Waals surface area (Å²) in [6.07, 6.45) is 0. The third kappa shape index (κ3) is 3.30. The first-order valence-electron chi connectivity index (χ1n) is 8.68. The Bertz CT molecular complexity index is 946. The first-order chi connectivity index (χ1) is 12.7. The molecule has 2 aromatic carbocycles. The van der Waals surface area contributed by atoms with Gasteiger partial charge in [0, 0.05) is 31.7 Å². The molecule has 1 saturated heterocycles. The zero-order chi connectivity index (χ0) is 17.9. The summed E-state index contributed by atoms with van der Waals surface area (Å²) in [4.78, 5) is 24.8. The van der Waals surface area contributed by atoms with Crippen molar-refractivity contribution in [2.45, 2.75) is 6.54 Å². The Morgan fingerprint density at radius 3 is 2.69 bits per heavy atom. The molecule has 1 amide bonds. The molecule has 0 atom stereocenters. The van der Waals surface area contributed by atoms with Crippen molar-refractivity contribution in [3.63, 3.8) is 0 Å². The molecule has 6 nitrogen and oxygen atoms in total. The van der Waals surface area contributed by atoms with Gasteiger partial charge >= 0.3 is 0 Å². The minimum atomic E-state index is -0.00881. The quantitative estimate of drug-likeness (QED) is 0.791. The van der Waals surface area contributed by atoms with Crippen LogP contribution < -0.4 is 0 Å². The van der Waals surface area contributed by atoms with Crippen molar-refractivity contribution in [1.29, 1.82) is 5.26 Å². The molecule has 1 fully saturated rings. The lowest BCUT2D eigenvalue weighted by Gasteiger charge is -2.34. The highest BCUT2D eigenvalue weighted by Crippen LogP contribution is 2.14. The Hall–Kier alpha value is -3.17. The van der Waals surface area contributed by atoms with E-state index in [1.165, 1.54) is 0 Å². The van der Waals surface area contributed by atoms with E-state index in [0.717, 1.165) is 36.5 Å². The predicted molar refractivity (Wildman–Crippen MR) is 98.4 cm³/mol. The van der Waals surface area contributed by atoms with Crippen molar-refractivity contribution in [3.05, 3.63) is 65.5 Å². The zero-order valence-electron chi connectivity index (χ0n) is 14.4. The van der Waals surface area contributed by atoms with Crippen molar-refractivity contribution in [2.24, 2.45) is 0 Å². The second kappa shape index (κ2) is 6.98. The van der Waals surface area contributed by atoms with Crippen LogP contribution in [0.3, 0.4) is 0 Å². The molecule has 0 aliphatic carbocycles. The fourth-order valence-electron chi connectivity index (χ4n) is 3.31. The van der Waals surface area contributed by atoms with E-state index in [1.54, 1.807) is 24.3 Å². The molecule has 2 heterocycles. The van der Waals surface area contributed by atoms with Crippen molar-refractivity contribution in [1.82, 2.24) is 19.8 Å². The maximum absolute atomic E-state index is 12.6. The fraction of sp³-hybridized carbons (Fsp3) is 0.250. The van der Waals surface area contributed by atoms with Crippen LogP contribution in [-0.4, -0.2) is 51.9 Å². The van der Waals surface area contributed by atoms with Crippen LogP contribution in [0.25, 0.3) is 11.0 Å². The van der Waals surface area contributed by atoms with E-state index in [0.29, 0.717) is 24.2 Å². The smallest absolute Gasteiger partial charge is 0.253 e. The molecule has 1 aromatic heterocycles. The number of para-hydroxylation sites is 2. The van der Waals surface area contributed by atoms with Gasteiger partial charge in [-0.3, -0.25) is 9.69 Å². The van der Waals surface area contributed by atoms with E-state index < -0.39 is 0 Å². The number of rotatable bonds is 3. The van der Waals surface area contributed by atoms with Crippen molar-refractivity contribution >= 4 is 16.9 Å². The van der Waals surface area contributed by atoms with Gasteiger partial charge in [0.1, 0.15) is 5.82 Å². The van der Waals surface area contributed by atoms with Gasteiger partial charge in [-0.15, -0.1) is 0 Å². The summed E-state index contributed by atoms with van der Waals surface area (Å²) in [6.45, 7) is 3.72. The number of fused-ring (bicyclic) bond motifs is 1. The number of benzene rings is 2. The Morgan fingerprint density at radius 2 is 1.92 bits per heavy atom. The van der Waals surface area contributed by atoms with Gasteiger partial charge in [-0.1, -0.05) is 18.2 Å². The standard InChI is InChI=1S/C20H19N5O/c21-13-15-4-3-5-16(12-15)20(26)25-10-8-24(9-11-25)14-19-22-17-6-1-2-7-18(17)23-19/h1-7,12H,8-11,14H2,(H,22,23). The number of carbonyl (C=O) groups is 1. The molecule has 130 valence electrons. The highest BCUT2D eigenvalue weighted by molar-refractivity contribution is 5.94. The number of amides is 1. The number of nitrogens with zero attached hydrogens (tertiary/aromatic N) is 4. The van der Waals surface area contributed by atoms with E-state index in [-0.39, 0.29) is 5.91 Å². The number of nitriles is 1. The average molecular weight is 345 g/mol. The number of hydrogen-bond acceptors (Lipinski definition) is 4. The molecule has 1 N–H and O–H groups in total. The Labute approximate surface area is 151 Å². The maximum Gasteiger partial charge on any atom is 0.253 e. The second-order valence-electron chi connectivity index (χ2n) is 6.46. The van der Waals surface area contributed by atoms with Gasteiger partial charge in [0.15, 0.2) is 0 Å². The monoisotopic (exact) mass is 345 g/mol. The van der Waals surface area contributed by atoms with Gasteiger partial charge in [-0.05, 0) is 30.3 Å².